The molecule has 0 radical (unpaired) electrons. The van der Waals surface area contributed by atoms with Gasteiger partial charge in [-0.1, -0.05) is 60.2 Å². The summed E-state index contributed by atoms with van der Waals surface area (Å²) >= 11 is 0. The third-order valence-corrected chi connectivity index (χ3v) is 3.96. The number of hydrogen-bond acceptors (Lipinski definition) is 1. The first-order valence-corrected chi connectivity index (χ1v) is 7.52. The van der Waals surface area contributed by atoms with Gasteiger partial charge in [-0.2, -0.15) is 0 Å². The molecule has 22 heavy (non-hydrogen) atoms. The van der Waals surface area contributed by atoms with Crippen molar-refractivity contribution in [3.8, 4) is 0 Å². The molecule has 0 amide bonds. The quantitative estimate of drug-likeness (QED) is 0.677. The summed E-state index contributed by atoms with van der Waals surface area (Å²) in [5.74, 6) is 0.226. The number of aromatic amines is 1. The van der Waals surface area contributed by atoms with E-state index in [4.69, 9.17) is 0 Å². The monoisotopic (exact) mass is 289 g/mol. The zero-order valence-electron chi connectivity index (χ0n) is 12.6. The molecular weight excluding hydrogens is 270 g/mol. The summed E-state index contributed by atoms with van der Waals surface area (Å²) < 4.78 is 0. The van der Waals surface area contributed by atoms with Crippen molar-refractivity contribution in [1.82, 2.24) is 4.98 Å². The van der Waals surface area contributed by atoms with Crippen molar-refractivity contribution in [1.29, 1.82) is 0 Å². The van der Waals surface area contributed by atoms with Crippen molar-refractivity contribution >= 4 is 5.78 Å². The van der Waals surface area contributed by atoms with Gasteiger partial charge in [0.1, 0.15) is 0 Å². The summed E-state index contributed by atoms with van der Waals surface area (Å²) in [7, 11) is 0. The van der Waals surface area contributed by atoms with Gasteiger partial charge in [-0.25, -0.2) is 0 Å². The first kappa shape index (κ1) is 14.3. The Morgan fingerprint density at radius 3 is 2.32 bits per heavy atom. The minimum atomic E-state index is 0.0586. The number of ketones is 1. The predicted octanol–water partition coefficient (Wildman–Crippen LogP) is 4.73. The lowest BCUT2D eigenvalue weighted by atomic mass is 9.88. The van der Waals surface area contributed by atoms with E-state index in [1.807, 2.05) is 48.7 Å². The van der Waals surface area contributed by atoms with Crippen molar-refractivity contribution in [3.63, 3.8) is 0 Å². The van der Waals surface area contributed by atoms with Crippen molar-refractivity contribution in [2.24, 2.45) is 0 Å². The van der Waals surface area contributed by atoms with Crippen LogP contribution in [0.3, 0.4) is 0 Å². The highest BCUT2D eigenvalue weighted by Crippen LogP contribution is 2.28. The predicted molar refractivity (Wildman–Crippen MR) is 89.2 cm³/mol. The average Bonchev–Trinajstić information content (AvgIpc) is 3.08. The van der Waals surface area contributed by atoms with Crippen molar-refractivity contribution < 1.29 is 4.79 Å². The second-order valence-corrected chi connectivity index (χ2v) is 5.58. The highest BCUT2D eigenvalue weighted by Gasteiger charge is 2.19. The average molecular weight is 289 g/mol. The molecule has 0 unspecified atom stereocenters. The molecule has 2 heteroatoms. The molecule has 0 aliphatic carbocycles. The maximum absolute atomic E-state index is 12.6. The Balaban J connectivity index is 1.90. The van der Waals surface area contributed by atoms with Gasteiger partial charge in [-0.15, -0.1) is 0 Å². The molecule has 0 fully saturated rings. The van der Waals surface area contributed by atoms with Gasteiger partial charge >= 0.3 is 0 Å². The van der Waals surface area contributed by atoms with E-state index in [0.29, 0.717) is 6.42 Å². The van der Waals surface area contributed by atoms with Crippen molar-refractivity contribution in [2.75, 3.05) is 0 Å². The number of hydrogen-bond donors (Lipinski definition) is 1. The maximum atomic E-state index is 12.6. The van der Waals surface area contributed by atoms with Crippen LogP contribution in [-0.2, 0) is 0 Å². The smallest absolute Gasteiger partial charge is 0.163 e. The molecule has 1 N–H and O–H groups in total. The lowest BCUT2D eigenvalue weighted by molar-refractivity contribution is 0.0977. The number of Topliss-reactive ketones (excluding diaryl/α,β-unsaturated/α-hetero) is 1. The molecule has 3 rings (SSSR count). The van der Waals surface area contributed by atoms with E-state index in [9.17, 15) is 4.79 Å². The Morgan fingerprint density at radius 1 is 0.955 bits per heavy atom. The molecule has 110 valence electrons. The number of benzene rings is 2. The van der Waals surface area contributed by atoms with Crippen LogP contribution < -0.4 is 0 Å². The zero-order chi connectivity index (χ0) is 15.4. The molecule has 0 spiro atoms. The fourth-order valence-corrected chi connectivity index (χ4v) is 2.69. The van der Waals surface area contributed by atoms with E-state index < -0.39 is 0 Å². The highest BCUT2D eigenvalue weighted by molar-refractivity contribution is 5.96. The van der Waals surface area contributed by atoms with Gasteiger partial charge in [0, 0.05) is 29.8 Å². The molecule has 2 aromatic carbocycles. The number of aromatic nitrogens is 1. The summed E-state index contributed by atoms with van der Waals surface area (Å²) in [5, 5.41) is 0. The number of H-pyrrole nitrogens is 1. The van der Waals surface area contributed by atoms with Crippen LogP contribution in [0, 0.1) is 6.92 Å². The molecule has 0 saturated heterocycles. The van der Waals surface area contributed by atoms with Crippen LogP contribution in [0.5, 0.6) is 0 Å². The van der Waals surface area contributed by atoms with E-state index in [1.54, 1.807) is 0 Å². The Hall–Kier alpha value is -2.61. The van der Waals surface area contributed by atoms with E-state index in [2.05, 4.69) is 36.2 Å². The van der Waals surface area contributed by atoms with Crippen LogP contribution in [-0.4, -0.2) is 10.8 Å². The molecular formula is C20H19NO. The summed E-state index contributed by atoms with van der Waals surface area (Å²) in [6, 6.07) is 21.9. The molecule has 0 saturated carbocycles. The van der Waals surface area contributed by atoms with Gasteiger partial charge in [-0.05, 0) is 24.6 Å². The fraction of sp³-hybridized carbons (Fsp3) is 0.150. The summed E-state index contributed by atoms with van der Waals surface area (Å²) in [4.78, 5) is 15.8. The standard InChI is InChI=1S/C20H19NO/c1-15-9-11-16(12-10-15)18(19-8-5-13-21-19)14-20(22)17-6-3-2-4-7-17/h2-13,18,21H,14H2,1H3/t18-/m0/s1. The van der Waals surface area contributed by atoms with Gasteiger partial charge in [0.05, 0.1) is 0 Å². The SMILES string of the molecule is Cc1ccc([C@H](CC(=O)c2ccccc2)c2ccc[nH]2)cc1. The number of nitrogens with one attached hydrogen (secondary N) is 1. The molecule has 0 aliphatic heterocycles. The van der Waals surface area contributed by atoms with E-state index >= 15 is 0 Å². The second kappa shape index (κ2) is 6.44. The first-order valence-electron chi connectivity index (χ1n) is 7.52. The third kappa shape index (κ3) is 3.17. The maximum Gasteiger partial charge on any atom is 0.163 e. The fourth-order valence-electron chi connectivity index (χ4n) is 2.69. The van der Waals surface area contributed by atoms with Crippen LogP contribution >= 0.6 is 0 Å². The highest BCUT2D eigenvalue weighted by atomic mass is 16.1. The lowest BCUT2D eigenvalue weighted by Gasteiger charge is -2.16. The Morgan fingerprint density at radius 2 is 1.68 bits per heavy atom. The normalized spacial score (nSPS) is 12.0. The molecule has 1 aromatic heterocycles. The van der Waals surface area contributed by atoms with Gasteiger partial charge in [0.25, 0.3) is 0 Å². The van der Waals surface area contributed by atoms with Crippen molar-refractivity contribution in [2.45, 2.75) is 19.3 Å². The van der Waals surface area contributed by atoms with E-state index in [-0.39, 0.29) is 11.7 Å². The topological polar surface area (TPSA) is 32.9 Å². The van der Waals surface area contributed by atoms with Gasteiger partial charge in [-0.3, -0.25) is 4.79 Å². The Bertz CT molecular complexity index is 727. The Kier molecular flexibility index (Phi) is 4.19. The molecule has 1 heterocycles. The van der Waals surface area contributed by atoms with Crippen LogP contribution in [0.15, 0.2) is 72.9 Å². The first-order chi connectivity index (χ1) is 10.7. The summed E-state index contributed by atoms with van der Waals surface area (Å²) in [5.41, 5.74) is 4.24. The van der Waals surface area contributed by atoms with Crippen LogP contribution in [0.4, 0.5) is 0 Å². The van der Waals surface area contributed by atoms with Crippen LogP contribution in [0.25, 0.3) is 0 Å². The van der Waals surface area contributed by atoms with Gasteiger partial charge in [0.2, 0.25) is 0 Å². The molecule has 2 nitrogen and oxygen atoms in total. The molecule has 3 aromatic rings. The molecule has 1 atom stereocenters. The molecule has 0 aliphatic rings. The minimum absolute atomic E-state index is 0.0586. The van der Waals surface area contributed by atoms with Gasteiger partial charge in [0.15, 0.2) is 5.78 Å². The molecule has 0 bridgehead atoms. The van der Waals surface area contributed by atoms with Crippen LogP contribution in [0.2, 0.25) is 0 Å². The summed E-state index contributed by atoms with van der Waals surface area (Å²) in [6.45, 7) is 2.07. The lowest BCUT2D eigenvalue weighted by Crippen LogP contribution is -2.09. The third-order valence-electron chi connectivity index (χ3n) is 3.96. The second-order valence-electron chi connectivity index (χ2n) is 5.58. The number of carbonyl (C=O) groups excluding carboxylic acids is 1. The number of rotatable bonds is 5. The zero-order valence-corrected chi connectivity index (χ0v) is 12.6. The largest absolute Gasteiger partial charge is 0.364 e. The Labute approximate surface area is 130 Å². The van der Waals surface area contributed by atoms with Crippen LogP contribution in [0.1, 0.15) is 39.5 Å². The van der Waals surface area contributed by atoms with E-state index in [0.717, 1.165) is 16.8 Å². The van der Waals surface area contributed by atoms with E-state index in [1.165, 1.54) is 5.56 Å². The van der Waals surface area contributed by atoms with Gasteiger partial charge < -0.3 is 4.98 Å². The van der Waals surface area contributed by atoms with Crippen molar-refractivity contribution in [3.05, 3.63) is 95.3 Å². The number of aryl methyl sites for hydroxylation is 1. The summed E-state index contributed by atoms with van der Waals surface area (Å²) in [6.07, 6.45) is 2.37. The number of carbonyl (C=O) groups is 1. The minimum Gasteiger partial charge on any atom is -0.364 e.